The SMILES string of the molecule is Cc1cnc(Oc2ccc(OC(C)C(=O)N3CCCO3)cc2)c(Cl)c1. The van der Waals surface area contributed by atoms with Crippen molar-refractivity contribution in [2.45, 2.75) is 26.4 Å². The van der Waals surface area contributed by atoms with E-state index in [-0.39, 0.29) is 5.91 Å². The Morgan fingerprint density at radius 1 is 1.32 bits per heavy atom. The second kappa shape index (κ2) is 7.72. The van der Waals surface area contributed by atoms with E-state index in [1.807, 2.05) is 6.92 Å². The van der Waals surface area contributed by atoms with Gasteiger partial charge < -0.3 is 9.47 Å². The molecule has 0 saturated carbocycles. The topological polar surface area (TPSA) is 60.9 Å². The van der Waals surface area contributed by atoms with Crippen molar-refractivity contribution in [2.75, 3.05) is 13.2 Å². The Hall–Kier alpha value is -2.31. The average Bonchev–Trinajstić information content (AvgIpc) is 3.13. The summed E-state index contributed by atoms with van der Waals surface area (Å²) in [5.41, 5.74) is 0.960. The van der Waals surface area contributed by atoms with Crippen molar-refractivity contribution in [3.8, 4) is 17.4 Å². The maximum absolute atomic E-state index is 12.2. The van der Waals surface area contributed by atoms with E-state index in [2.05, 4.69) is 4.98 Å². The number of hydrogen-bond donors (Lipinski definition) is 0. The Morgan fingerprint density at radius 3 is 2.68 bits per heavy atom. The molecule has 1 aliphatic rings. The average molecular weight is 363 g/mol. The number of hydroxylamine groups is 2. The number of aromatic nitrogens is 1. The molecule has 1 aromatic carbocycles. The second-order valence-corrected chi connectivity index (χ2v) is 6.17. The lowest BCUT2D eigenvalue weighted by atomic mass is 10.3. The van der Waals surface area contributed by atoms with Crippen molar-refractivity contribution in [3.63, 3.8) is 0 Å². The highest BCUT2D eigenvalue weighted by molar-refractivity contribution is 6.31. The summed E-state index contributed by atoms with van der Waals surface area (Å²) < 4.78 is 11.3. The zero-order chi connectivity index (χ0) is 17.8. The van der Waals surface area contributed by atoms with Crippen molar-refractivity contribution in [1.29, 1.82) is 0 Å². The molecule has 6 nitrogen and oxygen atoms in total. The molecule has 1 aliphatic heterocycles. The molecule has 3 rings (SSSR count). The molecule has 1 fully saturated rings. The molecule has 0 spiro atoms. The first-order valence-electron chi connectivity index (χ1n) is 8.04. The summed E-state index contributed by atoms with van der Waals surface area (Å²) >= 11 is 6.11. The number of hydrogen-bond acceptors (Lipinski definition) is 5. The number of aryl methyl sites for hydroxylation is 1. The lowest BCUT2D eigenvalue weighted by Gasteiger charge is -2.20. The minimum absolute atomic E-state index is 0.187. The molecule has 1 unspecified atom stereocenters. The van der Waals surface area contributed by atoms with Gasteiger partial charge in [-0.05, 0) is 56.2 Å². The minimum Gasteiger partial charge on any atom is -0.481 e. The third-order valence-corrected chi connectivity index (χ3v) is 3.91. The van der Waals surface area contributed by atoms with Crippen LogP contribution in [0.1, 0.15) is 18.9 Å². The first kappa shape index (κ1) is 17.5. The smallest absolute Gasteiger partial charge is 0.286 e. The maximum Gasteiger partial charge on any atom is 0.286 e. The number of halogens is 1. The third-order valence-electron chi connectivity index (χ3n) is 3.64. The van der Waals surface area contributed by atoms with Crippen LogP contribution >= 0.6 is 11.6 Å². The van der Waals surface area contributed by atoms with Gasteiger partial charge in [0.15, 0.2) is 6.10 Å². The van der Waals surface area contributed by atoms with E-state index in [4.69, 9.17) is 25.9 Å². The van der Waals surface area contributed by atoms with Crippen molar-refractivity contribution < 1.29 is 19.1 Å². The molecular formula is C18H19ClN2O4. The number of nitrogens with zero attached hydrogens (tertiary/aromatic N) is 2. The Labute approximate surface area is 151 Å². The van der Waals surface area contributed by atoms with Gasteiger partial charge in [0.1, 0.15) is 16.5 Å². The van der Waals surface area contributed by atoms with Crippen molar-refractivity contribution in [1.82, 2.24) is 10.0 Å². The van der Waals surface area contributed by atoms with E-state index in [1.165, 1.54) is 5.06 Å². The number of amides is 1. The zero-order valence-electron chi connectivity index (χ0n) is 14.1. The van der Waals surface area contributed by atoms with Crippen LogP contribution in [-0.4, -0.2) is 35.2 Å². The van der Waals surface area contributed by atoms with Gasteiger partial charge in [0.05, 0.1) is 13.2 Å². The lowest BCUT2D eigenvalue weighted by molar-refractivity contribution is -0.175. The minimum atomic E-state index is -0.627. The molecule has 1 amide bonds. The Morgan fingerprint density at radius 2 is 2.04 bits per heavy atom. The number of carbonyl (C=O) groups excluding carboxylic acids is 1. The molecule has 1 saturated heterocycles. The molecule has 7 heteroatoms. The lowest BCUT2D eigenvalue weighted by Crippen LogP contribution is -2.37. The van der Waals surface area contributed by atoms with E-state index < -0.39 is 6.10 Å². The van der Waals surface area contributed by atoms with E-state index in [0.717, 1.165) is 12.0 Å². The van der Waals surface area contributed by atoms with Gasteiger partial charge >= 0.3 is 0 Å². The fourth-order valence-electron chi connectivity index (χ4n) is 2.37. The molecule has 2 aromatic rings. The van der Waals surface area contributed by atoms with Crippen LogP contribution in [-0.2, 0) is 9.63 Å². The Balaban J connectivity index is 1.60. The Bertz CT molecular complexity index is 745. The second-order valence-electron chi connectivity index (χ2n) is 5.76. The van der Waals surface area contributed by atoms with E-state index in [0.29, 0.717) is 35.6 Å². The van der Waals surface area contributed by atoms with E-state index in [1.54, 1.807) is 43.5 Å². The van der Waals surface area contributed by atoms with Gasteiger partial charge in [0.2, 0.25) is 5.88 Å². The normalized spacial score (nSPS) is 15.1. The van der Waals surface area contributed by atoms with Crippen molar-refractivity contribution in [3.05, 3.63) is 47.1 Å². The summed E-state index contributed by atoms with van der Waals surface area (Å²) in [4.78, 5) is 21.6. The van der Waals surface area contributed by atoms with Crippen LogP contribution in [0.15, 0.2) is 36.5 Å². The van der Waals surface area contributed by atoms with Crippen LogP contribution in [0.2, 0.25) is 5.02 Å². The molecule has 0 N–H and O–H groups in total. The predicted octanol–water partition coefficient (Wildman–Crippen LogP) is 3.77. The van der Waals surface area contributed by atoms with Crippen LogP contribution in [0.3, 0.4) is 0 Å². The van der Waals surface area contributed by atoms with Crippen LogP contribution in [0.4, 0.5) is 0 Å². The van der Waals surface area contributed by atoms with Gasteiger partial charge in [0, 0.05) is 6.20 Å². The molecule has 0 radical (unpaired) electrons. The zero-order valence-corrected chi connectivity index (χ0v) is 14.8. The van der Waals surface area contributed by atoms with Gasteiger partial charge in [-0.3, -0.25) is 9.63 Å². The number of ether oxygens (including phenoxy) is 2. The molecule has 132 valence electrons. The number of rotatable bonds is 5. The van der Waals surface area contributed by atoms with Gasteiger partial charge in [0.25, 0.3) is 5.91 Å². The quantitative estimate of drug-likeness (QED) is 0.810. The molecule has 25 heavy (non-hydrogen) atoms. The summed E-state index contributed by atoms with van der Waals surface area (Å²) in [6.07, 6.45) is 1.91. The standard InChI is InChI=1S/C18H19ClN2O4/c1-12-10-16(19)17(20-11-12)25-15-6-4-14(5-7-15)24-13(2)18(22)21-8-3-9-23-21/h4-7,10-11,13H,3,8-9H2,1-2H3. The Kier molecular flexibility index (Phi) is 5.40. The van der Waals surface area contributed by atoms with Crippen molar-refractivity contribution in [2.24, 2.45) is 0 Å². The molecule has 2 heterocycles. The summed E-state index contributed by atoms with van der Waals surface area (Å²) in [5, 5.41) is 1.80. The molecule has 0 aliphatic carbocycles. The first-order valence-corrected chi connectivity index (χ1v) is 8.42. The van der Waals surface area contributed by atoms with Crippen LogP contribution in [0, 0.1) is 6.92 Å². The van der Waals surface area contributed by atoms with Crippen molar-refractivity contribution >= 4 is 17.5 Å². The fourth-order valence-corrected chi connectivity index (χ4v) is 2.63. The van der Waals surface area contributed by atoms with Crippen LogP contribution in [0.5, 0.6) is 17.4 Å². The molecule has 1 aromatic heterocycles. The fraction of sp³-hybridized carbons (Fsp3) is 0.333. The highest BCUT2D eigenvalue weighted by atomic mass is 35.5. The van der Waals surface area contributed by atoms with Crippen LogP contribution in [0.25, 0.3) is 0 Å². The molecule has 1 atom stereocenters. The molecular weight excluding hydrogens is 344 g/mol. The van der Waals surface area contributed by atoms with Gasteiger partial charge in [-0.2, -0.15) is 0 Å². The molecule has 0 bridgehead atoms. The maximum atomic E-state index is 12.2. The van der Waals surface area contributed by atoms with E-state index in [9.17, 15) is 4.79 Å². The van der Waals surface area contributed by atoms with Gasteiger partial charge in [-0.1, -0.05) is 11.6 Å². The summed E-state index contributed by atoms with van der Waals surface area (Å²) in [6, 6.07) is 8.71. The monoisotopic (exact) mass is 362 g/mol. The summed E-state index contributed by atoms with van der Waals surface area (Å²) in [6.45, 7) is 4.78. The number of carbonyl (C=O) groups is 1. The third kappa shape index (κ3) is 4.41. The largest absolute Gasteiger partial charge is 0.481 e. The summed E-state index contributed by atoms with van der Waals surface area (Å²) in [7, 11) is 0. The van der Waals surface area contributed by atoms with Gasteiger partial charge in [-0.15, -0.1) is 0 Å². The van der Waals surface area contributed by atoms with Crippen LogP contribution < -0.4 is 9.47 Å². The summed E-state index contributed by atoms with van der Waals surface area (Å²) in [5.74, 6) is 1.30. The number of pyridine rings is 1. The van der Waals surface area contributed by atoms with E-state index >= 15 is 0 Å². The van der Waals surface area contributed by atoms with Gasteiger partial charge in [-0.25, -0.2) is 10.0 Å². The first-order chi connectivity index (χ1) is 12.0. The predicted molar refractivity (Wildman–Crippen MR) is 92.9 cm³/mol. The highest BCUT2D eigenvalue weighted by Crippen LogP contribution is 2.28. The number of benzene rings is 1. The highest BCUT2D eigenvalue weighted by Gasteiger charge is 2.25.